The summed E-state index contributed by atoms with van der Waals surface area (Å²) in [6.07, 6.45) is 0. The van der Waals surface area contributed by atoms with Crippen molar-refractivity contribution in [1.82, 2.24) is 15.0 Å². The van der Waals surface area contributed by atoms with Crippen molar-refractivity contribution >= 4 is 32.7 Å². The summed E-state index contributed by atoms with van der Waals surface area (Å²) in [7, 11) is 0. The molecule has 47 heavy (non-hydrogen) atoms. The molecular formula is C43H27N3O. The van der Waals surface area contributed by atoms with E-state index >= 15 is 0 Å². The molecule has 4 heteroatoms. The fourth-order valence-electron chi connectivity index (χ4n) is 6.33. The Kier molecular flexibility index (Phi) is 6.43. The van der Waals surface area contributed by atoms with Crippen LogP contribution >= 0.6 is 0 Å². The van der Waals surface area contributed by atoms with E-state index in [4.69, 9.17) is 19.4 Å². The van der Waals surface area contributed by atoms with E-state index in [1.165, 1.54) is 16.3 Å². The van der Waals surface area contributed by atoms with E-state index in [1.807, 2.05) is 36.4 Å². The van der Waals surface area contributed by atoms with E-state index in [0.717, 1.165) is 55.3 Å². The lowest BCUT2D eigenvalue weighted by Gasteiger charge is -2.10. The molecule has 2 heterocycles. The van der Waals surface area contributed by atoms with Crippen LogP contribution in [0, 0.1) is 0 Å². The lowest BCUT2D eigenvalue weighted by molar-refractivity contribution is 0.669. The largest absolute Gasteiger partial charge is 0.455 e. The van der Waals surface area contributed by atoms with Gasteiger partial charge in [0.25, 0.3) is 0 Å². The maximum Gasteiger partial charge on any atom is 0.167 e. The number of rotatable bonds is 5. The first-order chi connectivity index (χ1) is 23.3. The molecule has 0 fully saturated rings. The van der Waals surface area contributed by atoms with Gasteiger partial charge in [0.05, 0.1) is 5.56 Å². The van der Waals surface area contributed by atoms with Crippen LogP contribution in [0.1, 0.15) is 0 Å². The van der Waals surface area contributed by atoms with Crippen LogP contribution in [0.3, 0.4) is 0 Å². The van der Waals surface area contributed by atoms with Crippen LogP contribution in [0.2, 0.25) is 0 Å². The van der Waals surface area contributed by atoms with Crippen molar-refractivity contribution in [2.45, 2.75) is 0 Å². The fraction of sp³-hybridized carbons (Fsp3) is 0. The van der Waals surface area contributed by atoms with Crippen LogP contribution in [0.5, 0.6) is 0 Å². The number of aromatic nitrogens is 3. The first-order valence-electron chi connectivity index (χ1n) is 15.7. The Labute approximate surface area is 271 Å². The summed E-state index contributed by atoms with van der Waals surface area (Å²) in [5, 5.41) is 4.55. The number of hydrogen-bond donors (Lipinski definition) is 0. The standard InChI is InChI=1S/C43H27N3O/c1-2-10-28(11-3-1)33-14-8-15-35(27-33)42-44-41(31-23-20-30(21-24-31)34-25-22-29-12-4-5-13-32(29)26-34)45-43(46-42)38-18-9-17-37-36-16-6-7-19-39(36)47-40(37)38/h1-27H. The topological polar surface area (TPSA) is 51.8 Å². The molecule has 0 N–H and O–H groups in total. The van der Waals surface area contributed by atoms with Crippen molar-refractivity contribution in [3.63, 3.8) is 0 Å². The summed E-state index contributed by atoms with van der Waals surface area (Å²) in [5.74, 6) is 1.78. The monoisotopic (exact) mass is 601 g/mol. The molecule has 220 valence electrons. The molecular weight excluding hydrogens is 574 g/mol. The Morgan fingerprint density at radius 1 is 0.340 bits per heavy atom. The number of nitrogens with zero attached hydrogens (tertiary/aromatic N) is 3. The zero-order valence-corrected chi connectivity index (χ0v) is 25.3. The SMILES string of the molecule is c1ccc(-c2cccc(-c3nc(-c4ccc(-c5ccc6ccccc6c5)cc4)nc(-c4cccc5c4oc4ccccc45)n3)c2)cc1. The third kappa shape index (κ3) is 4.93. The lowest BCUT2D eigenvalue weighted by atomic mass is 10.00. The number of benzene rings is 7. The van der Waals surface area contributed by atoms with Gasteiger partial charge in [-0.1, -0.05) is 140 Å². The zero-order chi connectivity index (χ0) is 31.2. The summed E-state index contributed by atoms with van der Waals surface area (Å²) in [5.41, 5.74) is 8.81. The van der Waals surface area contributed by atoms with Crippen molar-refractivity contribution in [1.29, 1.82) is 0 Å². The summed E-state index contributed by atoms with van der Waals surface area (Å²) in [4.78, 5) is 15.2. The van der Waals surface area contributed by atoms with Crippen LogP contribution in [0.15, 0.2) is 168 Å². The molecule has 0 spiro atoms. The van der Waals surface area contributed by atoms with Gasteiger partial charge in [-0.05, 0) is 57.3 Å². The van der Waals surface area contributed by atoms with Gasteiger partial charge in [0, 0.05) is 21.9 Å². The van der Waals surface area contributed by atoms with Gasteiger partial charge in [0.15, 0.2) is 17.5 Å². The quantitative estimate of drug-likeness (QED) is 0.197. The van der Waals surface area contributed by atoms with E-state index in [9.17, 15) is 0 Å². The second-order valence-corrected chi connectivity index (χ2v) is 11.7. The smallest absolute Gasteiger partial charge is 0.167 e. The first-order valence-corrected chi connectivity index (χ1v) is 15.7. The number of para-hydroxylation sites is 2. The average Bonchev–Trinajstić information content (AvgIpc) is 3.54. The second-order valence-electron chi connectivity index (χ2n) is 11.7. The van der Waals surface area contributed by atoms with Crippen molar-refractivity contribution in [3.8, 4) is 56.4 Å². The molecule has 0 aliphatic rings. The van der Waals surface area contributed by atoms with Gasteiger partial charge in [0.2, 0.25) is 0 Å². The van der Waals surface area contributed by atoms with E-state index in [1.54, 1.807) is 0 Å². The molecule has 4 nitrogen and oxygen atoms in total. The summed E-state index contributed by atoms with van der Waals surface area (Å²) in [6, 6.07) is 56.5. The van der Waals surface area contributed by atoms with Crippen LogP contribution in [-0.4, -0.2) is 15.0 Å². The number of furan rings is 1. The van der Waals surface area contributed by atoms with Crippen molar-refractivity contribution in [2.75, 3.05) is 0 Å². The van der Waals surface area contributed by atoms with Crippen molar-refractivity contribution < 1.29 is 4.42 Å². The molecule has 9 aromatic rings. The van der Waals surface area contributed by atoms with Crippen LogP contribution in [0.25, 0.3) is 89.1 Å². The highest BCUT2D eigenvalue weighted by atomic mass is 16.3. The number of fused-ring (bicyclic) bond motifs is 4. The molecule has 0 saturated carbocycles. The first kappa shape index (κ1) is 27.0. The Bertz CT molecular complexity index is 2570. The Balaban J connectivity index is 1.19. The molecule has 0 unspecified atom stereocenters. The maximum atomic E-state index is 6.40. The molecule has 0 aliphatic carbocycles. The van der Waals surface area contributed by atoms with Gasteiger partial charge >= 0.3 is 0 Å². The van der Waals surface area contributed by atoms with Crippen molar-refractivity contribution in [3.05, 3.63) is 164 Å². The summed E-state index contributed by atoms with van der Waals surface area (Å²) < 4.78 is 6.40. The van der Waals surface area contributed by atoms with Gasteiger partial charge in [-0.2, -0.15) is 0 Å². The minimum atomic E-state index is 0.568. The molecule has 0 aliphatic heterocycles. The van der Waals surface area contributed by atoms with Gasteiger partial charge in [-0.3, -0.25) is 0 Å². The lowest BCUT2D eigenvalue weighted by Crippen LogP contribution is -2.00. The Hall–Kier alpha value is -6.39. The Morgan fingerprint density at radius 2 is 0.915 bits per heavy atom. The molecule has 0 radical (unpaired) electrons. The molecule has 7 aromatic carbocycles. The predicted octanol–water partition coefficient (Wildman–Crippen LogP) is 11.3. The van der Waals surface area contributed by atoms with Crippen LogP contribution < -0.4 is 0 Å². The summed E-state index contributed by atoms with van der Waals surface area (Å²) >= 11 is 0. The van der Waals surface area contributed by atoms with Crippen LogP contribution in [-0.2, 0) is 0 Å². The predicted molar refractivity (Wildman–Crippen MR) is 192 cm³/mol. The molecule has 9 rings (SSSR count). The molecule has 0 bridgehead atoms. The second kappa shape index (κ2) is 11.2. The van der Waals surface area contributed by atoms with Crippen LogP contribution in [0.4, 0.5) is 0 Å². The van der Waals surface area contributed by atoms with E-state index in [-0.39, 0.29) is 0 Å². The third-order valence-electron chi connectivity index (χ3n) is 8.73. The molecule has 0 amide bonds. The van der Waals surface area contributed by atoms with Gasteiger partial charge in [0.1, 0.15) is 11.2 Å². The summed E-state index contributed by atoms with van der Waals surface area (Å²) in [6.45, 7) is 0. The highest BCUT2D eigenvalue weighted by Gasteiger charge is 2.18. The maximum absolute atomic E-state index is 6.40. The highest BCUT2D eigenvalue weighted by molar-refractivity contribution is 6.09. The van der Waals surface area contributed by atoms with Crippen molar-refractivity contribution in [2.24, 2.45) is 0 Å². The Morgan fingerprint density at radius 3 is 1.79 bits per heavy atom. The van der Waals surface area contributed by atoms with Gasteiger partial charge < -0.3 is 4.42 Å². The van der Waals surface area contributed by atoms with E-state index in [2.05, 4.69) is 127 Å². The molecule has 0 saturated heterocycles. The van der Waals surface area contributed by atoms with Gasteiger partial charge in [-0.25, -0.2) is 15.0 Å². The third-order valence-corrected chi connectivity index (χ3v) is 8.73. The minimum absolute atomic E-state index is 0.568. The zero-order valence-electron chi connectivity index (χ0n) is 25.3. The normalized spacial score (nSPS) is 11.4. The van der Waals surface area contributed by atoms with E-state index in [0.29, 0.717) is 17.5 Å². The minimum Gasteiger partial charge on any atom is -0.455 e. The fourth-order valence-corrected chi connectivity index (χ4v) is 6.33. The highest BCUT2D eigenvalue weighted by Crippen LogP contribution is 2.36. The molecule has 0 atom stereocenters. The van der Waals surface area contributed by atoms with E-state index < -0.39 is 0 Å². The number of hydrogen-bond acceptors (Lipinski definition) is 4. The average molecular weight is 602 g/mol. The van der Waals surface area contributed by atoms with Gasteiger partial charge in [-0.15, -0.1) is 0 Å². The molecule has 2 aromatic heterocycles.